The highest BCUT2D eigenvalue weighted by Gasteiger charge is 2.31. The first kappa shape index (κ1) is 19.2. The Balaban J connectivity index is 1.78. The predicted molar refractivity (Wildman–Crippen MR) is 85.3 cm³/mol. The third kappa shape index (κ3) is 5.16. The van der Waals surface area contributed by atoms with Crippen molar-refractivity contribution in [2.24, 2.45) is 11.8 Å². The van der Waals surface area contributed by atoms with E-state index in [2.05, 4.69) is 10.9 Å². The van der Waals surface area contributed by atoms with E-state index in [1.165, 1.54) is 24.3 Å². The summed E-state index contributed by atoms with van der Waals surface area (Å²) in [7, 11) is 0. The molecule has 2 rings (SSSR count). The Hall–Kier alpha value is -3.17. The maximum Gasteiger partial charge on any atom is 0.276 e. The lowest BCUT2D eigenvalue weighted by atomic mass is 9.79. The van der Waals surface area contributed by atoms with Gasteiger partial charge in [0.25, 0.3) is 11.6 Å². The smallest absolute Gasteiger partial charge is 0.276 e. The number of carbonyl (C=O) groups is 3. The second kappa shape index (κ2) is 8.79. The van der Waals surface area contributed by atoms with Gasteiger partial charge in [-0.05, 0) is 25.0 Å². The Morgan fingerprint density at radius 3 is 2.27 bits per heavy atom. The monoisotopic (exact) mass is 364 g/mol. The Morgan fingerprint density at radius 1 is 1.08 bits per heavy atom. The van der Waals surface area contributed by atoms with Crippen molar-refractivity contribution in [1.82, 2.24) is 10.9 Å². The molecule has 0 spiro atoms. The minimum Gasteiger partial charge on any atom is -0.550 e. The first-order valence-corrected chi connectivity index (χ1v) is 8.05. The fraction of sp³-hybridized carbons (Fsp3) is 0.438. The van der Waals surface area contributed by atoms with E-state index in [-0.39, 0.29) is 11.4 Å². The number of benzene rings is 1. The van der Waals surface area contributed by atoms with Gasteiger partial charge in [-0.15, -0.1) is 0 Å². The van der Waals surface area contributed by atoms with Gasteiger partial charge in [-0.1, -0.05) is 12.8 Å². The molecule has 10 heteroatoms. The van der Waals surface area contributed by atoms with E-state index in [1.54, 1.807) is 0 Å². The summed E-state index contributed by atoms with van der Waals surface area (Å²) in [5.74, 6) is -3.86. The van der Waals surface area contributed by atoms with Gasteiger partial charge in [0.05, 0.1) is 4.92 Å². The number of carboxylic acids is 1. The van der Waals surface area contributed by atoms with Crippen molar-refractivity contribution in [3.8, 4) is 5.75 Å². The number of nitro groups is 1. The van der Waals surface area contributed by atoms with Gasteiger partial charge in [0.2, 0.25) is 5.91 Å². The Morgan fingerprint density at radius 2 is 1.69 bits per heavy atom. The summed E-state index contributed by atoms with van der Waals surface area (Å²) < 4.78 is 5.15. The van der Waals surface area contributed by atoms with Crippen molar-refractivity contribution in [3.63, 3.8) is 0 Å². The van der Waals surface area contributed by atoms with E-state index in [1.807, 2.05) is 0 Å². The van der Waals surface area contributed by atoms with Crippen LogP contribution in [0.1, 0.15) is 25.7 Å². The molecule has 0 aromatic heterocycles. The molecule has 0 saturated heterocycles. The molecule has 1 aromatic rings. The van der Waals surface area contributed by atoms with Crippen molar-refractivity contribution in [1.29, 1.82) is 0 Å². The van der Waals surface area contributed by atoms with E-state index >= 15 is 0 Å². The lowest BCUT2D eigenvalue weighted by Crippen LogP contribution is -2.50. The summed E-state index contributed by atoms with van der Waals surface area (Å²) in [4.78, 5) is 44.9. The van der Waals surface area contributed by atoms with Crippen LogP contribution in [0, 0.1) is 22.0 Å². The minimum absolute atomic E-state index is 0.107. The average Bonchev–Trinajstić information content (AvgIpc) is 2.64. The van der Waals surface area contributed by atoms with Crippen molar-refractivity contribution in [2.75, 3.05) is 6.61 Å². The standard InChI is InChI=1S/C16H19N3O7/c20-14(9-26-11-7-5-10(6-8-11)19(24)25)17-18-15(21)12-3-1-2-4-13(12)16(22)23/h5-8,12-13H,1-4,9H2,(H,17,20)(H,18,21)(H,22,23)/p-1. The minimum atomic E-state index is -1.27. The molecule has 1 aromatic carbocycles. The molecule has 0 heterocycles. The highest BCUT2D eigenvalue weighted by atomic mass is 16.6. The zero-order valence-corrected chi connectivity index (χ0v) is 13.8. The van der Waals surface area contributed by atoms with Gasteiger partial charge in [-0.25, -0.2) is 0 Å². The quantitative estimate of drug-likeness (QED) is 0.518. The normalized spacial score (nSPS) is 19.2. The van der Waals surface area contributed by atoms with E-state index < -0.39 is 41.1 Å². The summed E-state index contributed by atoms with van der Waals surface area (Å²) in [5, 5.41) is 21.6. The number of nitro benzene ring substituents is 1. The molecule has 0 radical (unpaired) electrons. The van der Waals surface area contributed by atoms with Gasteiger partial charge in [-0.2, -0.15) is 0 Å². The van der Waals surface area contributed by atoms with E-state index in [9.17, 15) is 29.6 Å². The van der Waals surface area contributed by atoms with Crippen LogP contribution in [-0.2, 0) is 14.4 Å². The third-order valence-electron chi connectivity index (χ3n) is 4.15. The molecule has 1 fully saturated rings. The molecular formula is C16H18N3O7-. The molecule has 2 amide bonds. The van der Waals surface area contributed by atoms with Gasteiger partial charge in [0, 0.05) is 29.9 Å². The number of rotatable bonds is 6. The average molecular weight is 364 g/mol. The van der Waals surface area contributed by atoms with Crippen molar-refractivity contribution < 1.29 is 29.2 Å². The number of carbonyl (C=O) groups excluding carboxylic acids is 3. The second-order valence-electron chi connectivity index (χ2n) is 5.89. The number of amides is 2. The SMILES string of the molecule is O=C(COc1ccc([N+](=O)[O-])cc1)NNC(=O)C1CCCCC1C(=O)[O-]. The van der Waals surface area contributed by atoms with Gasteiger partial charge < -0.3 is 14.6 Å². The topological polar surface area (TPSA) is 151 Å². The number of ether oxygens (including phenoxy) is 1. The number of nitrogens with zero attached hydrogens (tertiary/aromatic N) is 1. The van der Waals surface area contributed by atoms with Crippen LogP contribution in [-0.4, -0.2) is 29.3 Å². The number of non-ortho nitro benzene ring substituents is 1. The molecule has 0 aliphatic heterocycles. The number of carboxylic acid groups (broad SMARTS) is 1. The molecule has 140 valence electrons. The summed E-state index contributed by atoms with van der Waals surface area (Å²) in [6.45, 7) is -0.424. The molecule has 0 bridgehead atoms. The van der Waals surface area contributed by atoms with E-state index in [0.717, 1.165) is 12.8 Å². The summed E-state index contributed by atoms with van der Waals surface area (Å²) in [5.41, 5.74) is 4.25. The van der Waals surface area contributed by atoms with E-state index in [4.69, 9.17) is 4.74 Å². The molecule has 1 aliphatic carbocycles. The van der Waals surface area contributed by atoms with Crippen molar-refractivity contribution in [2.45, 2.75) is 25.7 Å². The molecule has 26 heavy (non-hydrogen) atoms. The maximum atomic E-state index is 12.1. The van der Waals surface area contributed by atoms with Crippen LogP contribution in [0.15, 0.2) is 24.3 Å². The molecular weight excluding hydrogens is 346 g/mol. The van der Waals surface area contributed by atoms with Crippen LogP contribution in [0.3, 0.4) is 0 Å². The zero-order valence-electron chi connectivity index (χ0n) is 13.8. The molecule has 2 atom stereocenters. The first-order valence-electron chi connectivity index (χ1n) is 8.05. The molecule has 1 saturated carbocycles. The van der Waals surface area contributed by atoms with E-state index in [0.29, 0.717) is 12.8 Å². The fourth-order valence-electron chi connectivity index (χ4n) is 2.80. The molecule has 1 aliphatic rings. The lowest BCUT2D eigenvalue weighted by Gasteiger charge is -2.31. The number of hydrogen-bond acceptors (Lipinski definition) is 7. The largest absolute Gasteiger partial charge is 0.550 e. The van der Waals surface area contributed by atoms with Crippen molar-refractivity contribution in [3.05, 3.63) is 34.4 Å². The van der Waals surface area contributed by atoms with Crippen LogP contribution >= 0.6 is 0 Å². The molecule has 2 unspecified atom stereocenters. The van der Waals surface area contributed by atoms with Crippen LogP contribution in [0.25, 0.3) is 0 Å². The lowest BCUT2D eigenvalue weighted by molar-refractivity contribution is -0.384. The molecule has 10 nitrogen and oxygen atoms in total. The third-order valence-corrected chi connectivity index (χ3v) is 4.15. The predicted octanol–water partition coefficient (Wildman–Crippen LogP) is -0.323. The number of hydrogen-bond donors (Lipinski definition) is 2. The van der Waals surface area contributed by atoms with Crippen LogP contribution in [0.5, 0.6) is 5.75 Å². The highest BCUT2D eigenvalue weighted by Crippen LogP contribution is 2.29. The Kier molecular flexibility index (Phi) is 6.48. The molecule has 2 N–H and O–H groups in total. The van der Waals surface area contributed by atoms with Gasteiger partial charge in [-0.3, -0.25) is 30.6 Å². The maximum absolute atomic E-state index is 12.1. The van der Waals surface area contributed by atoms with Gasteiger partial charge in [0.15, 0.2) is 6.61 Å². The van der Waals surface area contributed by atoms with Crippen LogP contribution < -0.4 is 20.7 Å². The van der Waals surface area contributed by atoms with Crippen LogP contribution in [0.4, 0.5) is 5.69 Å². The summed E-state index contributed by atoms with van der Waals surface area (Å²) >= 11 is 0. The van der Waals surface area contributed by atoms with Crippen LogP contribution in [0.2, 0.25) is 0 Å². The number of nitrogens with one attached hydrogen (secondary N) is 2. The van der Waals surface area contributed by atoms with Crippen molar-refractivity contribution >= 4 is 23.5 Å². The summed E-state index contributed by atoms with van der Waals surface area (Å²) in [6.07, 6.45) is 2.24. The Bertz CT molecular complexity index is 690. The van der Waals surface area contributed by atoms with Gasteiger partial charge in [0.1, 0.15) is 5.75 Å². The number of hydrazine groups is 1. The fourth-order valence-corrected chi connectivity index (χ4v) is 2.80. The van der Waals surface area contributed by atoms with Gasteiger partial charge >= 0.3 is 0 Å². The zero-order chi connectivity index (χ0) is 19.1. The number of aliphatic carboxylic acids is 1. The summed E-state index contributed by atoms with van der Waals surface area (Å²) in [6, 6.07) is 5.16. The Labute approximate surface area is 148 Å². The second-order valence-corrected chi connectivity index (χ2v) is 5.89. The highest BCUT2D eigenvalue weighted by molar-refractivity contribution is 5.87. The first-order chi connectivity index (χ1) is 12.4.